The molecular weight excluding hydrogens is 210 g/mol. The summed E-state index contributed by atoms with van der Waals surface area (Å²) >= 11 is 0. The third-order valence-electron chi connectivity index (χ3n) is 3.65. The highest BCUT2D eigenvalue weighted by atomic mass is 16.2. The Morgan fingerprint density at radius 1 is 1.59 bits per heavy atom. The van der Waals surface area contributed by atoms with Gasteiger partial charge >= 0.3 is 0 Å². The number of hydrogen-bond acceptors (Lipinski definition) is 1. The highest BCUT2D eigenvalue weighted by molar-refractivity contribution is 5.73. The molecule has 2 heteroatoms. The maximum Gasteiger partial charge on any atom is 0.219 e. The van der Waals surface area contributed by atoms with Gasteiger partial charge in [0.2, 0.25) is 5.91 Å². The Bertz CT molecular complexity index is 317. The fourth-order valence-electron chi connectivity index (χ4n) is 2.42. The molecule has 2 nitrogen and oxygen atoms in total. The predicted molar refractivity (Wildman–Crippen MR) is 72.7 cm³/mol. The first-order valence-electron chi connectivity index (χ1n) is 6.62. The molecule has 0 aromatic heterocycles. The van der Waals surface area contributed by atoms with Gasteiger partial charge in [-0.15, -0.1) is 0 Å². The van der Waals surface area contributed by atoms with E-state index in [-0.39, 0.29) is 5.91 Å². The normalized spacial score (nSPS) is 24.8. The first-order valence-corrected chi connectivity index (χ1v) is 6.62. The zero-order valence-corrected chi connectivity index (χ0v) is 11.6. The SMILES string of the molecule is CCN(C/C=C\C1CC=C(C)CC1C)C(C)=O. The molecule has 17 heavy (non-hydrogen) atoms. The quantitative estimate of drug-likeness (QED) is 0.684. The zero-order chi connectivity index (χ0) is 12.8. The maximum atomic E-state index is 11.2. The fourth-order valence-corrected chi connectivity index (χ4v) is 2.42. The minimum atomic E-state index is 0.157. The molecule has 0 N–H and O–H groups in total. The number of carbonyl (C=O) groups is 1. The van der Waals surface area contributed by atoms with E-state index < -0.39 is 0 Å². The van der Waals surface area contributed by atoms with Gasteiger partial charge in [-0.2, -0.15) is 0 Å². The van der Waals surface area contributed by atoms with Crippen molar-refractivity contribution in [2.45, 2.75) is 40.5 Å². The summed E-state index contributed by atoms with van der Waals surface area (Å²) in [6.45, 7) is 9.72. The van der Waals surface area contributed by atoms with E-state index in [1.165, 1.54) is 12.0 Å². The number of nitrogens with zero attached hydrogens (tertiary/aromatic N) is 1. The van der Waals surface area contributed by atoms with Crippen LogP contribution in [0.25, 0.3) is 0 Å². The van der Waals surface area contributed by atoms with Gasteiger partial charge in [-0.05, 0) is 38.5 Å². The van der Waals surface area contributed by atoms with Crippen LogP contribution in [-0.4, -0.2) is 23.9 Å². The summed E-state index contributed by atoms with van der Waals surface area (Å²) in [7, 11) is 0. The Kier molecular flexibility index (Phi) is 5.46. The molecule has 0 aromatic carbocycles. The summed E-state index contributed by atoms with van der Waals surface area (Å²) in [5.74, 6) is 1.53. The molecule has 1 amide bonds. The summed E-state index contributed by atoms with van der Waals surface area (Å²) in [4.78, 5) is 13.1. The molecule has 0 fully saturated rings. The van der Waals surface area contributed by atoms with Crippen molar-refractivity contribution in [2.75, 3.05) is 13.1 Å². The molecule has 1 rings (SSSR count). The number of carbonyl (C=O) groups excluding carboxylic acids is 1. The number of amides is 1. The monoisotopic (exact) mass is 235 g/mol. The van der Waals surface area contributed by atoms with E-state index in [9.17, 15) is 4.79 Å². The van der Waals surface area contributed by atoms with Crippen LogP contribution in [0.15, 0.2) is 23.8 Å². The Morgan fingerprint density at radius 2 is 2.29 bits per heavy atom. The standard InChI is InChI=1S/C15H25NO/c1-5-16(14(4)17)10-6-7-15-9-8-12(2)11-13(15)3/h6-8,13,15H,5,9-11H2,1-4H3/b7-6-. The molecule has 0 aromatic rings. The zero-order valence-electron chi connectivity index (χ0n) is 11.6. The highest BCUT2D eigenvalue weighted by Gasteiger charge is 2.17. The summed E-state index contributed by atoms with van der Waals surface area (Å²) in [6, 6.07) is 0. The number of hydrogen-bond donors (Lipinski definition) is 0. The van der Waals surface area contributed by atoms with Crippen molar-refractivity contribution in [3.05, 3.63) is 23.8 Å². The second-order valence-corrected chi connectivity index (χ2v) is 5.12. The van der Waals surface area contributed by atoms with E-state index in [1.807, 2.05) is 11.8 Å². The van der Waals surface area contributed by atoms with Crippen molar-refractivity contribution in [1.82, 2.24) is 4.90 Å². The van der Waals surface area contributed by atoms with E-state index in [2.05, 4.69) is 32.1 Å². The second kappa shape index (κ2) is 6.63. The van der Waals surface area contributed by atoms with Gasteiger partial charge in [0.05, 0.1) is 0 Å². The van der Waals surface area contributed by atoms with Gasteiger partial charge in [0.25, 0.3) is 0 Å². The molecule has 96 valence electrons. The average Bonchev–Trinajstić information content (AvgIpc) is 2.26. The number of allylic oxidation sites excluding steroid dienone is 3. The van der Waals surface area contributed by atoms with Crippen molar-refractivity contribution in [3.63, 3.8) is 0 Å². The summed E-state index contributed by atoms with van der Waals surface area (Å²) < 4.78 is 0. The third kappa shape index (κ3) is 4.37. The minimum Gasteiger partial charge on any atom is -0.340 e. The fraction of sp³-hybridized carbons (Fsp3) is 0.667. The number of rotatable bonds is 4. The molecular formula is C15H25NO. The van der Waals surface area contributed by atoms with Crippen LogP contribution < -0.4 is 0 Å². The summed E-state index contributed by atoms with van der Waals surface area (Å²) in [5, 5.41) is 0. The molecule has 2 atom stereocenters. The van der Waals surface area contributed by atoms with Gasteiger partial charge in [-0.3, -0.25) is 4.79 Å². The maximum absolute atomic E-state index is 11.2. The van der Waals surface area contributed by atoms with E-state index in [0.29, 0.717) is 5.92 Å². The molecule has 0 radical (unpaired) electrons. The lowest BCUT2D eigenvalue weighted by Crippen LogP contribution is -2.28. The third-order valence-corrected chi connectivity index (χ3v) is 3.65. The van der Waals surface area contributed by atoms with Gasteiger partial charge in [0.15, 0.2) is 0 Å². The lowest BCUT2D eigenvalue weighted by atomic mass is 9.81. The Balaban J connectivity index is 2.46. The van der Waals surface area contributed by atoms with Crippen LogP contribution in [0.1, 0.15) is 40.5 Å². The summed E-state index contributed by atoms with van der Waals surface area (Å²) in [5.41, 5.74) is 1.51. The molecule has 0 bridgehead atoms. The van der Waals surface area contributed by atoms with E-state index in [4.69, 9.17) is 0 Å². The van der Waals surface area contributed by atoms with Gasteiger partial charge in [-0.1, -0.05) is 30.7 Å². The van der Waals surface area contributed by atoms with Crippen molar-refractivity contribution in [3.8, 4) is 0 Å². The van der Waals surface area contributed by atoms with Crippen LogP contribution >= 0.6 is 0 Å². The second-order valence-electron chi connectivity index (χ2n) is 5.12. The van der Waals surface area contributed by atoms with Gasteiger partial charge in [-0.25, -0.2) is 0 Å². The van der Waals surface area contributed by atoms with Gasteiger partial charge in [0.1, 0.15) is 0 Å². The van der Waals surface area contributed by atoms with E-state index in [1.54, 1.807) is 6.92 Å². The van der Waals surface area contributed by atoms with Crippen molar-refractivity contribution in [2.24, 2.45) is 11.8 Å². The molecule has 1 aliphatic rings. The molecule has 0 heterocycles. The smallest absolute Gasteiger partial charge is 0.219 e. The largest absolute Gasteiger partial charge is 0.340 e. The van der Waals surface area contributed by atoms with E-state index in [0.717, 1.165) is 25.4 Å². The van der Waals surface area contributed by atoms with Crippen LogP contribution in [0.5, 0.6) is 0 Å². The Hall–Kier alpha value is -1.05. The Labute approximate surface area is 105 Å². The molecule has 2 unspecified atom stereocenters. The van der Waals surface area contributed by atoms with Crippen molar-refractivity contribution in [1.29, 1.82) is 0 Å². The topological polar surface area (TPSA) is 20.3 Å². The van der Waals surface area contributed by atoms with Crippen LogP contribution in [0.3, 0.4) is 0 Å². The molecule has 0 spiro atoms. The van der Waals surface area contributed by atoms with Crippen LogP contribution in [-0.2, 0) is 4.79 Å². The van der Waals surface area contributed by atoms with Crippen molar-refractivity contribution >= 4 is 5.91 Å². The predicted octanol–water partition coefficient (Wildman–Crippen LogP) is 3.40. The average molecular weight is 235 g/mol. The number of likely N-dealkylation sites (N-methyl/N-ethyl adjacent to an activating group) is 1. The van der Waals surface area contributed by atoms with Crippen LogP contribution in [0.2, 0.25) is 0 Å². The summed E-state index contributed by atoms with van der Waals surface area (Å²) in [6.07, 6.45) is 9.15. The Morgan fingerprint density at radius 3 is 2.82 bits per heavy atom. The lowest BCUT2D eigenvalue weighted by Gasteiger charge is -2.25. The minimum absolute atomic E-state index is 0.157. The lowest BCUT2D eigenvalue weighted by molar-refractivity contribution is -0.128. The van der Waals surface area contributed by atoms with Gasteiger partial charge < -0.3 is 4.90 Å². The molecule has 1 aliphatic carbocycles. The highest BCUT2D eigenvalue weighted by Crippen LogP contribution is 2.29. The molecule has 0 aliphatic heterocycles. The van der Waals surface area contributed by atoms with Crippen molar-refractivity contribution < 1.29 is 4.79 Å². The van der Waals surface area contributed by atoms with E-state index >= 15 is 0 Å². The van der Waals surface area contributed by atoms with Crippen LogP contribution in [0, 0.1) is 11.8 Å². The van der Waals surface area contributed by atoms with Gasteiger partial charge in [0, 0.05) is 20.0 Å². The first-order chi connectivity index (χ1) is 8.04. The molecule has 0 saturated carbocycles. The first kappa shape index (κ1) is 14.0. The molecule has 0 saturated heterocycles. The van der Waals surface area contributed by atoms with Crippen LogP contribution in [0.4, 0.5) is 0 Å².